The predicted octanol–water partition coefficient (Wildman–Crippen LogP) is 3.42. The van der Waals surface area contributed by atoms with Crippen LogP contribution in [0.2, 0.25) is 5.02 Å². The first-order valence-corrected chi connectivity index (χ1v) is 9.57. The molecule has 0 bridgehead atoms. The summed E-state index contributed by atoms with van der Waals surface area (Å²) < 4.78 is 4.78. The van der Waals surface area contributed by atoms with Crippen molar-refractivity contribution in [2.24, 2.45) is 0 Å². The molecule has 0 fully saturated rings. The molecule has 5 nitrogen and oxygen atoms in total. The van der Waals surface area contributed by atoms with Gasteiger partial charge >= 0.3 is 5.97 Å². The van der Waals surface area contributed by atoms with Gasteiger partial charge in [0.15, 0.2) is 6.54 Å². The number of anilines is 1. The maximum atomic E-state index is 12.7. The number of carbonyl (C=O) groups is 2. The summed E-state index contributed by atoms with van der Waals surface area (Å²) in [5, 5.41) is 5.38. The quantitative estimate of drug-likeness (QED) is 0.587. The topological polar surface area (TPSA) is 72.0 Å². The standard InChI is InChI=1S/C23H21ClN2O3/c1-29-21(27)15-25-22(16-8-4-2-5-9-16)19-14-18(24)12-13-20(19)26-23(28)17-10-6-3-7-11-17/h2-14,22,25H,15H2,1H3,(H,26,28)/p+1/t22-/m1/s1. The molecular formula is C23H22ClN2O3+. The summed E-state index contributed by atoms with van der Waals surface area (Å²) >= 11 is 6.27. The van der Waals surface area contributed by atoms with Crippen LogP contribution in [0.3, 0.4) is 0 Å². The van der Waals surface area contributed by atoms with Crippen LogP contribution in [-0.2, 0) is 9.53 Å². The number of carbonyl (C=O) groups excluding carboxylic acids is 2. The second-order valence-electron chi connectivity index (χ2n) is 6.46. The minimum atomic E-state index is -0.331. The Bertz CT molecular complexity index is 978. The number of nitrogens with one attached hydrogen (secondary N) is 1. The van der Waals surface area contributed by atoms with Crippen molar-refractivity contribution in [1.29, 1.82) is 0 Å². The van der Waals surface area contributed by atoms with Crippen LogP contribution in [0.25, 0.3) is 0 Å². The van der Waals surface area contributed by atoms with Gasteiger partial charge in [-0.3, -0.25) is 4.79 Å². The first-order chi connectivity index (χ1) is 14.1. The van der Waals surface area contributed by atoms with E-state index in [9.17, 15) is 9.59 Å². The molecule has 1 amide bonds. The van der Waals surface area contributed by atoms with Gasteiger partial charge in [0.1, 0.15) is 6.04 Å². The van der Waals surface area contributed by atoms with Crippen molar-refractivity contribution in [2.45, 2.75) is 6.04 Å². The first-order valence-electron chi connectivity index (χ1n) is 9.19. The van der Waals surface area contributed by atoms with Gasteiger partial charge in [0.2, 0.25) is 0 Å². The smallest absolute Gasteiger partial charge is 0.361 e. The molecule has 0 aliphatic heterocycles. The molecule has 0 heterocycles. The second-order valence-corrected chi connectivity index (χ2v) is 6.89. The van der Waals surface area contributed by atoms with Crippen molar-refractivity contribution < 1.29 is 19.6 Å². The van der Waals surface area contributed by atoms with Crippen LogP contribution in [-0.4, -0.2) is 25.5 Å². The minimum Gasteiger partial charge on any atom is -0.465 e. The second kappa shape index (κ2) is 9.87. The summed E-state index contributed by atoms with van der Waals surface area (Å²) in [6, 6.07) is 23.8. The lowest BCUT2D eigenvalue weighted by atomic mass is 9.96. The van der Waals surface area contributed by atoms with Crippen molar-refractivity contribution in [3.63, 3.8) is 0 Å². The van der Waals surface area contributed by atoms with E-state index in [1.54, 1.807) is 24.3 Å². The predicted molar refractivity (Wildman–Crippen MR) is 113 cm³/mol. The Morgan fingerprint density at radius 3 is 2.31 bits per heavy atom. The van der Waals surface area contributed by atoms with E-state index >= 15 is 0 Å². The van der Waals surface area contributed by atoms with Gasteiger partial charge in [0.05, 0.1) is 12.8 Å². The van der Waals surface area contributed by atoms with Gasteiger partial charge < -0.3 is 15.4 Å². The van der Waals surface area contributed by atoms with E-state index in [2.05, 4.69) is 5.32 Å². The number of quaternary nitrogens is 1. The summed E-state index contributed by atoms with van der Waals surface area (Å²) in [4.78, 5) is 24.4. The zero-order valence-corrected chi connectivity index (χ0v) is 16.7. The fourth-order valence-electron chi connectivity index (χ4n) is 3.09. The zero-order chi connectivity index (χ0) is 20.6. The van der Waals surface area contributed by atoms with Crippen molar-refractivity contribution in [3.8, 4) is 0 Å². The van der Waals surface area contributed by atoms with Crippen molar-refractivity contribution in [1.82, 2.24) is 0 Å². The van der Waals surface area contributed by atoms with E-state index in [-0.39, 0.29) is 24.5 Å². The van der Waals surface area contributed by atoms with Crippen molar-refractivity contribution in [2.75, 3.05) is 19.0 Å². The number of methoxy groups -OCH3 is 1. The first kappa shape index (κ1) is 20.6. The zero-order valence-electron chi connectivity index (χ0n) is 16.0. The highest BCUT2D eigenvalue weighted by atomic mass is 35.5. The molecule has 0 aliphatic carbocycles. The lowest BCUT2D eigenvalue weighted by molar-refractivity contribution is -0.677. The van der Waals surface area contributed by atoms with Crippen LogP contribution in [0, 0.1) is 0 Å². The SMILES string of the molecule is COC(=O)C[NH2+][C@H](c1ccccc1)c1cc(Cl)ccc1NC(=O)c1ccccc1. The van der Waals surface area contributed by atoms with Gasteiger partial charge in [-0.05, 0) is 30.3 Å². The van der Waals surface area contributed by atoms with E-state index in [1.807, 2.05) is 59.9 Å². The number of rotatable bonds is 7. The number of esters is 1. The molecule has 0 saturated carbocycles. The Hall–Kier alpha value is -3.15. The van der Waals surface area contributed by atoms with Gasteiger partial charge in [-0.25, -0.2) is 4.79 Å². The highest BCUT2D eigenvalue weighted by Crippen LogP contribution is 2.29. The monoisotopic (exact) mass is 409 g/mol. The summed E-state index contributed by atoms with van der Waals surface area (Å²) in [5.74, 6) is -0.545. The summed E-state index contributed by atoms with van der Waals surface area (Å²) in [6.45, 7) is 0.134. The number of halogens is 1. The normalized spacial score (nSPS) is 11.5. The largest absolute Gasteiger partial charge is 0.465 e. The van der Waals surface area contributed by atoms with Crippen molar-refractivity contribution in [3.05, 3.63) is 101 Å². The average Bonchev–Trinajstić information content (AvgIpc) is 2.76. The number of benzene rings is 3. The van der Waals surface area contributed by atoms with E-state index in [0.29, 0.717) is 16.3 Å². The number of hydrogen-bond acceptors (Lipinski definition) is 3. The van der Waals surface area contributed by atoms with Crippen LogP contribution >= 0.6 is 11.6 Å². The summed E-state index contributed by atoms with van der Waals surface area (Å²) in [5.41, 5.74) is 2.98. The highest BCUT2D eigenvalue weighted by molar-refractivity contribution is 6.30. The number of amides is 1. The van der Waals surface area contributed by atoms with E-state index in [0.717, 1.165) is 11.1 Å². The minimum absolute atomic E-state index is 0.134. The van der Waals surface area contributed by atoms with Crippen LogP contribution in [0.5, 0.6) is 0 Å². The van der Waals surface area contributed by atoms with Crippen LogP contribution < -0.4 is 10.6 Å². The Balaban J connectivity index is 1.97. The van der Waals surface area contributed by atoms with E-state index in [1.165, 1.54) is 7.11 Å². The Kier molecular flexibility index (Phi) is 7.00. The number of nitrogens with two attached hydrogens (primary N) is 1. The molecular weight excluding hydrogens is 388 g/mol. The van der Waals surface area contributed by atoms with E-state index < -0.39 is 0 Å². The highest BCUT2D eigenvalue weighted by Gasteiger charge is 2.23. The average molecular weight is 410 g/mol. The Morgan fingerprint density at radius 2 is 1.66 bits per heavy atom. The molecule has 3 rings (SSSR count). The molecule has 3 N–H and O–H groups in total. The molecule has 0 aromatic heterocycles. The molecule has 1 atom stereocenters. The number of ether oxygens (including phenoxy) is 1. The van der Waals surface area contributed by atoms with Crippen LogP contribution in [0.4, 0.5) is 5.69 Å². The molecule has 0 saturated heterocycles. The molecule has 0 spiro atoms. The molecule has 3 aromatic rings. The van der Waals surface area contributed by atoms with Crippen LogP contribution in [0.15, 0.2) is 78.9 Å². The molecule has 0 unspecified atom stereocenters. The third-order valence-electron chi connectivity index (χ3n) is 4.54. The molecule has 3 aromatic carbocycles. The van der Waals surface area contributed by atoms with Crippen LogP contribution in [0.1, 0.15) is 27.5 Å². The molecule has 0 radical (unpaired) electrons. The molecule has 0 aliphatic rings. The lowest BCUT2D eigenvalue weighted by Crippen LogP contribution is -2.87. The van der Waals surface area contributed by atoms with Crippen molar-refractivity contribution >= 4 is 29.2 Å². The van der Waals surface area contributed by atoms with Gasteiger partial charge in [0, 0.05) is 21.7 Å². The third-order valence-corrected chi connectivity index (χ3v) is 4.77. The molecule has 148 valence electrons. The van der Waals surface area contributed by atoms with Gasteiger partial charge in [-0.15, -0.1) is 0 Å². The fourth-order valence-corrected chi connectivity index (χ4v) is 3.27. The summed E-state index contributed by atoms with van der Waals surface area (Å²) in [7, 11) is 1.36. The molecule has 29 heavy (non-hydrogen) atoms. The van der Waals surface area contributed by atoms with Gasteiger partial charge in [0.25, 0.3) is 5.91 Å². The lowest BCUT2D eigenvalue weighted by Gasteiger charge is -2.20. The number of hydrogen-bond donors (Lipinski definition) is 2. The Morgan fingerprint density at radius 1 is 1.00 bits per heavy atom. The third kappa shape index (κ3) is 5.44. The maximum Gasteiger partial charge on any atom is 0.361 e. The Labute approximate surface area is 174 Å². The fraction of sp³-hybridized carbons (Fsp3) is 0.130. The van der Waals surface area contributed by atoms with E-state index in [4.69, 9.17) is 16.3 Å². The summed E-state index contributed by atoms with van der Waals surface area (Å²) in [6.07, 6.45) is 0. The van der Waals surface area contributed by atoms with Gasteiger partial charge in [-0.1, -0.05) is 60.1 Å². The van der Waals surface area contributed by atoms with Gasteiger partial charge in [-0.2, -0.15) is 0 Å². The maximum absolute atomic E-state index is 12.7. The molecule has 6 heteroatoms.